The monoisotopic (exact) mass is 293 g/mol. The van der Waals surface area contributed by atoms with E-state index in [0.29, 0.717) is 13.0 Å². The lowest BCUT2D eigenvalue weighted by Crippen LogP contribution is -2.27. The number of halogens is 4. The van der Waals surface area contributed by atoms with Crippen molar-refractivity contribution in [3.63, 3.8) is 0 Å². The van der Waals surface area contributed by atoms with Crippen LogP contribution in [0.2, 0.25) is 5.02 Å². The Labute approximate surface area is 112 Å². The van der Waals surface area contributed by atoms with Crippen molar-refractivity contribution >= 4 is 23.2 Å². The fourth-order valence-electron chi connectivity index (χ4n) is 1.83. The molecule has 0 radical (unpaired) electrons. The molecular formula is C12H11ClF3NO2. The summed E-state index contributed by atoms with van der Waals surface area (Å²) in [5.41, 5.74) is -0.920. The van der Waals surface area contributed by atoms with Crippen LogP contribution in [0.4, 0.5) is 18.9 Å². The number of carbonyl (C=O) groups excluding carboxylic acids is 1. The number of benzene rings is 1. The highest BCUT2D eigenvalue weighted by Gasteiger charge is 2.33. The summed E-state index contributed by atoms with van der Waals surface area (Å²) in [5.74, 6) is -0.437. The molecule has 19 heavy (non-hydrogen) atoms. The molecule has 3 nitrogen and oxygen atoms in total. The molecule has 1 aromatic carbocycles. The van der Waals surface area contributed by atoms with Crippen molar-refractivity contribution in [1.29, 1.82) is 0 Å². The maximum atomic E-state index is 12.6. The number of alkyl halides is 3. The van der Waals surface area contributed by atoms with E-state index in [-0.39, 0.29) is 5.69 Å². The Bertz CT molecular complexity index is 484. The van der Waals surface area contributed by atoms with Crippen LogP contribution >= 0.6 is 11.6 Å². The van der Waals surface area contributed by atoms with Crippen molar-refractivity contribution in [2.45, 2.75) is 25.1 Å². The van der Waals surface area contributed by atoms with E-state index in [4.69, 9.17) is 16.3 Å². The highest BCUT2D eigenvalue weighted by molar-refractivity contribution is 6.31. The summed E-state index contributed by atoms with van der Waals surface area (Å²) >= 11 is 5.49. The fraction of sp³-hybridized carbons (Fsp3) is 0.417. The van der Waals surface area contributed by atoms with Crippen molar-refractivity contribution in [2.75, 3.05) is 11.9 Å². The molecule has 1 aliphatic heterocycles. The first-order chi connectivity index (χ1) is 8.88. The predicted octanol–water partition coefficient (Wildman–Crippen LogP) is 3.48. The molecule has 0 aliphatic carbocycles. The minimum Gasteiger partial charge on any atom is -0.368 e. The zero-order valence-corrected chi connectivity index (χ0v) is 10.5. The third-order valence-electron chi connectivity index (χ3n) is 2.76. The lowest BCUT2D eigenvalue weighted by molar-refractivity contribution is -0.137. The molecule has 1 N–H and O–H groups in total. The molecule has 1 atom stereocenters. The van der Waals surface area contributed by atoms with Gasteiger partial charge in [0.25, 0.3) is 5.91 Å². The Morgan fingerprint density at radius 2 is 2.16 bits per heavy atom. The summed E-state index contributed by atoms with van der Waals surface area (Å²) in [6.07, 6.45) is -3.80. The van der Waals surface area contributed by atoms with Crippen LogP contribution < -0.4 is 5.32 Å². The molecule has 1 aromatic rings. The van der Waals surface area contributed by atoms with Crippen LogP contribution in [0, 0.1) is 0 Å². The minimum atomic E-state index is -4.55. The average Bonchev–Trinajstić information content (AvgIpc) is 2.83. The van der Waals surface area contributed by atoms with Crippen molar-refractivity contribution in [3.05, 3.63) is 28.8 Å². The van der Waals surface area contributed by atoms with Gasteiger partial charge in [-0.2, -0.15) is 13.2 Å². The lowest BCUT2D eigenvalue weighted by atomic mass is 10.1. The number of anilines is 1. The first-order valence-electron chi connectivity index (χ1n) is 5.67. The first kappa shape index (κ1) is 14.1. The highest BCUT2D eigenvalue weighted by Crippen LogP contribution is 2.36. The average molecular weight is 294 g/mol. The second kappa shape index (κ2) is 5.38. The first-order valence-corrected chi connectivity index (χ1v) is 6.05. The number of hydrogen-bond acceptors (Lipinski definition) is 2. The Kier molecular flexibility index (Phi) is 4.01. The van der Waals surface area contributed by atoms with Crippen molar-refractivity contribution in [2.24, 2.45) is 0 Å². The van der Waals surface area contributed by atoms with Gasteiger partial charge in [0, 0.05) is 12.3 Å². The molecule has 0 spiro atoms. The van der Waals surface area contributed by atoms with E-state index in [1.165, 1.54) is 6.07 Å². The zero-order valence-electron chi connectivity index (χ0n) is 9.76. The Morgan fingerprint density at radius 3 is 2.74 bits per heavy atom. The molecule has 0 unspecified atom stereocenters. The quantitative estimate of drug-likeness (QED) is 0.906. The zero-order chi connectivity index (χ0) is 14.0. The van der Waals surface area contributed by atoms with E-state index < -0.39 is 28.8 Å². The maximum Gasteiger partial charge on any atom is 0.417 e. The Morgan fingerprint density at radius 1 is 1.42 bits per heavy atom. The maximum absolute atomic E-state index is 12.6. The van der Waals surface area contributed by atoms with Crippen molar-refractivity contribution in [1.82, 2.24) is 0 Å². The minimum absolute atomic E-state index is 0.0530. The van der Waals surface area contributed by atoms with Crippen LogP contribution in [0.1, 0.15) is 18.4 Å². The largest absolute Gasteiger partial charge is 0.417 e. The third kappa shape index (κ3) is 3.39. The summed E-state index contributed by atoms with van der Waals surface area (Å²) in [7, 11) is 0. The number of rotatable bonds is 2. The summed E-state index contributed by atoms with van der Waals surface area (Å²) in [6.45, 7) is 0.493. The summed E-state index contributed by atoms with van der Waals surface area (Å²) < 4.78 is 43.1. The van der Waals surface area contributed by atoms with Crippen LogP contribution in [-0.2, 0) is 15.7 Å². The smallest absolute Gasteiger partial charge is 0.368 e. The van der Waals surface area contributed by atoms with E-state index in [0.717, 1.165) is 18.6 Å². The SMILES string of the molecule is O=C(Nc1ccc(Cl)c(C(F)(F)F)c1)[C@@H]1CCCO1. The van der Waals surface area contributed by atoms with E-state index in [9.17, 15) is 18.0 Å². The van der Waals surface area contributed by atoms with Gasteiger partial charge in [-0.05, 0) is 31.0 Å². The van der Waals surface area contributed by atoms with Crippen molar-refractivity contribution in [3.8, 4) is 0 Å². The highest BCUT2D eigenvalue weighted by atomic mass is 35.5. The van der Waals surface area contributed by atoms with Gasteiger partial charge < -0.3 is 10.1 Å². The number of nitrogens with one attached hydrogen (secondary N) is 1. The number of amides is 1. The van der Waals surface area contributed by atoms with Crippen LogP contribution in [0.25, 0.3) is 0 Å². The Hall–Kier alpha value is -1.27. The van der Waals surface area contributed by atoms with Crippen LogP contribution in [0.5, 0.6) is 0 Å². The van der Waals surface area contributed by atoms with Gasteiger partial charge in [-0.1, -0.05) is 11.6 Å². The standard InChI is InChI=1S/C12H11ClF3NO2/c13-9-4-3-7(6-8(9)12(14,15)16)17-11(18)10-2-1-5-19-10/h3-4,6,10H,1-2,5H2,(H,17,18)/t10-/m0/s1. The van der Waals surface area contributed by atoms with Gasteiger partial charge in [0.1, 0.15) is 6.10 Å². The molecule has 1 fully saturated rings. The van der Waals surface area contributed by atoms with Gasteiger partial charge in [-0.3, -0.25) is 4.79 Å². The normalized spacial score (nSPS) is 19.5. The molecule has 0 bridgehead atoms. The number of hydrogen-bond donors (Lipinski definition) is 1. The lowest BCUT2D eigenvalue weighted by Gasteiger charge is -2.13. The predicted molar refractivity (Wildman–Crippen MR) is 64.1 cm³/mol. The summed E-state index contributed by atoms with van der Waals surface area (Å²) in [6, 6.07) is 3.25. The van der Waals surface area contributed by atoms with Gasteiger partial charge in [0.15, 0.2) is 0 Å². The van der Waals surface area contributed by atoms with Crippen LogP contribution in [0.3, 0.4) is 0 Å². The molecule has 1 heterocycles. The fourth-order valence-corrected chi connectivity index (χ4v) is 2.05. The molecule has 104 valence electrons. The van der Waals surface area contributed by atoms with E-state index >= 15 is 0 Å². The van der Waals surface area contributed by atoms with Crippen molar-refractivity contribution < 1.29 is 22.7 Å². The van der Waals surface area contributed by atoms with E-state index in [1.807, 2.05) is 0 Å². The second-order valence-electron chi connectivity index (χ2n) is 4.18. The van der Waals surface area contributed by atoms with E-state index in [1.54, 1.807) is 0 Å². The van der Waals surface area contributed by atoms with Crippen LogP contribution in [-0.4, -0.2) is 18.6 Å². The topological polar surface area (TPSA) is 38.3 Å². The van der Waals surface area contributed by atoms with Gasteiger partial charge in [0.2, 0.25) is 0 Å². The molecule has 0 saturated carbocycles. The summed E-state index contributed by atoms with van der Waals surface area (Å²) in [5, 5.41) is 2.00. The number of carbonyl (C=O) groups is 1. The molecule has 1 aliphatic rings. The van der Waals surface area contributed by atoms with Gasteiger partial charge in [-0.15, -0.1) is 0 Å². The Balaban J connectivity index is 2.15. The van der Waals surface area contributed by atoms with Gasteiger partial charge in [0.05, 0.1) is 10.6 Å². The third-order valence-corrected chi connectivity index (χ3v) is 3.09. The molecule has 2 rings (SSSR count). The molecule has 1 amide bonds. The molecule has 0 aromatic heterocycles. The van der Waals surface area contributed by atoms with E-state index in [2.05, 4.69) is 5.32 Å². The molecule has 7 heteroatoms. The van der Waals surface area contributed by atoms with Gasteiger partial charge in [-0.25, -0.2) is 0 Å². The second-order valence-corrected chi connectivity index (χ2v) is 4.59. The molecular weight excluding hydrogens is 283 g/mol. The summed E-state index contributed by atoms with van der Waals surface area (Å²) in [4.78, 5) is 11.7. The van der Waals surface area contributed by atoms with Crippen LogP contribution in [0.15, 0.2) is 18.2 Å². The van der Waals surface area contributed by atoms with Gasteiger partial charge >= 0.3 is 6.18 Å². The molecule has 1 saturated heterocycles. The number of ether oxygens (including phenoxy) is 1.